The lowest BCUT2D eigenvalue weighted by Gasteiger charge is -2.36. The van der Waals surface area contributed by atoms with Crippen LogP contribution in [0.25, 0.3) is 28.1 Å². The minimum atomic E-state index is -1.22. The van der Waals surface area contributed by atoms with Gasteiger partial charge in [0.2, 0.25) is 12.3 Å². The van der Waals surface area contributed by atoms with Crippen LogP contribution in [0.2, 0.25) is 10.0 Å². The second kappa shape index (κ2) is 16.5. The monoisotopic (exact) mass is 794 g/mol. The second-order valence-corrected chi connectivity index (χ2v) is 14.8. The Kier molecular flexibility index (Phi) is 11.1. The molecule has 4 aliphatic rings. The van der Waals surface area contributed by atoms with Crippen molar-refractivity contribution in [1.82, 2.24) is 19.8 Å². The molecule has 56 heavy (non-hydrogen) atoms. The maximum Gasteiger partial charge on any atom is 0.238 e. The molecule has 8 rings (SSSR count). The number of carbonyl (C=O) groups excluding carboxylic acids is 1. The normalized spacial score (nSPS) is 17.9. The number of ether oxygens (including phenoxy) is 1. The Morgan fingerprint density at radius 2 is 1.64 bits per heavy atom. The third-order valence-corrected chi connectivity index (χ3v) is 10.6. The van der Waals surface area contributed by atoms with Crippen LogP contribution >= 0.6 is 23.2 Å². The Morgan fingerprint density at radius 3 is 2.38 bits per heavy atom. The number of halogens is 3. The molecule has 0 aromatic heterocycles. The molecule has 3 heterocycles. The lowest BCUT2D eigenvalue weighted by Crippen LogP contribution is -2.47. The molecule has 0 unspecified atom stereocenters. The zero-order valence-electron chi connectivity index (χ0n) is 30.7. The van der Waals surface area contributed by atoms with Crippen LogP contribution in [-0.2, 0) is 9.53 Å². The first-order chi connectivity index (χ1) is 27.2. The minimum absolute atomic E-state index is 0.178. The number of nitrogens with one attached hydrogen (secondary N) is 2. The van der Waals surface area contributed by atoms with Crippen LogP contribution in [0.15, 0.2) is 108 Å². The Balaban J connectivity index is 1.00. The highest BCUT2D eigenvalue weighted by Crippen LogP contribution is 2.32. The van der Waals surface area contributed by atoms with E-state index in [-0.39, 0.29) is 18.3 Å². The fourth-order valence-electron chi connectivity index (χ4n) is 7.29. The molecule has 4 aromatic carbocycles. The fourth-order valence-corrected chi connectivity index (χ4v) is 7.54. The van der Waals surface area contributed by atoms with Gasteiger partial charge in [0.15, 0.2) is 0 Å². The van der Waals surface area contributed by atoms with Crippen LogP contribution in [0.3, 0.4) is 0 Å². The van der Waals surface area contributed by atoms with Crippen LogP contribution in [0, 0.1) is 5.82 Å². The van der Waals surface area contributed by atoms with Gasteiger partial charge >= 0.3 is 0 Å². The first kappa shape index (κ1) is 37.7. The van der Waals surface area contributed by atoms with Crippen LogP contribution in [0.4, 0.5) is 27.1 Å². The lowest BCUT2D eigenvalue weighted by molar-refractivity contribution is -0.121. The Morgan fingerprint density at radius 1 is 0.929 bits per heavy atom. The van der Waals surface area contributed by atoms with Gasteiger partial charge in [-0.1, -0.05) is 35.3 Å². The average Bonchev–Trinajstić information content (AvgIpc) is 3.58. The lowest BCUT2D eigenvalue weighted by atomic mass is 10.1. The highest BCUT2D eigenvalue weighted by molar-refractivity contribution is 6.30. The van der Waals surface area contributed by atoms with E-state index >= 15 is 4.39 Å². The molecular weight excluding hydrogens is 754 g/mol. The van der Waals surface area contributed by atoms with Crippen molar-refractivity contribution in [2.24, 2.45) is 4.99 Å². The van der Waals surface area contributed by atoms with Crippen molar-refractivity contribution in [3.8, 4) is 17.1 Å². The van der Waals surface area contributed by atoms with E-state index in [2.05, 4.69) is 32.2 Å². The van der Waals surface area contributed by atoms with Crippen molar-refractivity contribution < 1.29 is 19.0 Å². The van der Waals surface area contributed by atoms with E-state index < -0.39 is 12.5 Å². The van der Waals surface area contributed by atoms with Gasteiger partial charge in [-0.05, 0) is 91.0 Å². The maximum absolute atomic E-state index is 15.5. The van der Waals surface area contributed by atoms with Gasteiger partial charge in [0.1, 0.15) is 5.82 Å². The number of fused-ring (bicyclic) bond motifs is 2. The summed E-state index contributed by atoms with van der Waals surface area (Å²) in [6.07, 6.45) is -1.61. The summed E-state index contributed by atoms with van der Waals surface area (Å²) < 4.78 is 23.2. The van der Waals surface area contributed by atoms with Crippen LogP contribution in [0.5, 0.6) is 0 Å². The molecule has 3 N–H and O–H groups in total. The predicted molar refractivity (Wildman–Crippen MR) is 220 cm³/mol. The van der Waals surface area contributed by atoms with E-state index in [0.717, 1.165) is 64.5 Å². The van der Waals surface area contributed by atoms with Crippen molar-refractivity contribution in [2.45, 2.75) is 19.4 Å². The van der Waals surface area contributed by atoms with Gasteiger partial charge in [0, 0.05) is 73.3 Å². The molecule has 11 nitrogen and oxygen atoms in total. The van der Waals surface area contributed by atoms with E-state index in [1.165, 1.54) is 13.0 Å². The van der Waals surface area contributed by atoms with Crippen LogP contribution in [-0.4, -0.2) is 90.3 Å². The van der Waals surface area contributed by atoms with E-state index in [4.69, 9.17) is 37.9 Å². The van der Waals surface area contributed by atoms with E-state index in [1.54, 1.807) is 17.0 Å². The molecule has 0 bridgehead atoms. The molecule has 4 aromatic rings. The summed E-state index contributed by atoms with van der Waals surface area (Å²) in [5, 5.41) is 18.8. The number of hydrogen-bond acceptors (Lipinski definition) is 9. The zero-order valence-corrected chi connectivity index (χ0v) is 32.2. The van der Waals surface area contributed by atoms with Gasteiger partial charge in [0.05, 0.1) is 58.3 Å². The molecule has 288 valence electrons. The largest absolute Gasteiger partial charge is 0.367 e. The molecule has 1 aliphatic carbocycles. The number of amides is 1. The molecule has 0 spiro atoms. The molecular formula is C42H41Cl2FN8O3. The summed E-state index contributed by atoms with van der Waals surface area (Å²) in [5.41, 5.74) is 7.24. The Hall–Kier alpha value is -5.24. The molecule has 3 aliphatic heterocycles. The van der Waals surface area contributed by atoms with Crippen molar-refractivity contribution in [1.29, 1.82) is 0 Å². The van der Waals surface area contributed by atoms with Crippen molar-refractivity contribution in [3.63, 3.8) is 0 Å². The van der Waals surface area contributed by atoms with Crippen LogP contribution in [0.1, 0.15) is 6.92 Å². The van der Waals surface area contributed by atoms with Crippen molar-refractivity contribution in [2.75, 3.05) is 67.5 Å². The average molecular weight is 796 g/mol. The van der Waals surface area contributed by atoms with Gasteiger partial charge in [0.25, 0.3) is 0 Å². The SMILES string of the molecule is CC(=O)NC[C@H]1CN(c2ccc(N3CCN(CCN=c4cc5n(-c6ccc(Cl)cc6)c6ccccc6nc-5cc4Nc4ccc(Cl)cc4)CC3)c(F)c2)[C@@H](O)O1. The number of rotatable bonds is 10. The third-order valence-electron chi connectivity index (χ3n) is 10.1. The highest BCUT2D eigenvalue weighted by Gasteiger charge is 2.32. The topological polar surface area (TPSA) is 110 Å². The van der Waals surface area contributed by atoms with Gasteiger partial charge in [-0.25, -0.2) is 9.37 Å². The van der Waals surface area contributed by atoms with Crippen molar-refractivity contribution >= 4 is 62.9 Å². The number of carbonyl (C=O) groups is 1. The molecule has 1 amide bonds. The standard InChI is InChI=1S/C42H41Cl2FN8O3/c1-27(54)47-25-33-26-52(42(55)56-33)32-14-15-39(34(45)22-32)51-20-18-50(19-21-51)17-16-46-36-24-41-38(23-37(36)48-30-10-6-28(43)7-11-30)49-35-4-2-3-5-40(35)53(41)31-12-8-29(44)9-13-31/h2-15,22-24,33,42,48,55H,16-21,25-26H2,1H3,(H,47,54)/t33-,42-/m0/s1. The van der Waals surface area contributed by atoms with E-state index in [0.29, 0.717) is 47.6 Å². The number of aromatic nitrogens is 2. The van der Waals surface area contributed by atoms with Gasteiger partial charge in [-0.2, -0.15) is 0 Å². The second-order valence-electron chi connectivity index (χ2n) is 13.9. The number of aliphatic hydroxyl groups excluding tert-OH is 1. The summed E-state index contributed by atoms with van der Waals surface area (Å²) in [6, 6.07) is 32.5. The summed E-state index contributed by atoms with van der Waals surface area (Å²) in [4.78, 5) is 27.5. The van der Waals surface area contributed by atoms with Gasteiger partial charge in [-0.3, -0.25) is 14.7 Å². The summed E-state index contributed by atoms with van der Waals surface area (Å²) in [5.74, 6) is -0.540. The van der Waals surface area contributed by atoms with Gasteiger partial charge in [-0.15, -0.1) is 0 Å². The summed E-state index contributed by atoms with van der Waals surface area (Å²) in [6.45, 7) is 6.12. The highest BCUT2D eigenvalue weighted by atomic mass is 35.5. The Bertz CT molecular complexity index is 2390. The first-order valence-electron chi connectivity index (χ1n) is 18.5. The molecule has 0 saturated carbocycles. The summed E-state index contributed by atoms with van der Waals surface area (Å²) in [7, 11) is 0. The summed E-state index contributed by atoms with van der Waals surface area (Å²) >= 11 is 12.5. The minimum Gasteiger partial charge on any atom is -0.367 e. The molecule has 2 saturated heterocycles. The number of para-hydroxylation sites is 2. The zero-order chi connectivity index (χ0) is 38.8. The number of anilines is 4. The first-order valence-corrected chi connectivity index (χ1v) is 19.3. The number of piperazine rings is 1. The van der Waals surface area contributed by atoms with E-state index in [1.807, 2.05) is 77.7 Å². The fraction of sp³-hybridized carbons (Fsp3) is 0.262. The predicted octanol–water partition coefficient (Wildman–Crippen LogP) is 6.66. The molecule has 14 heteroatoms. The number of aliphatic hydroxyl groups is 1. The number of benzene rings is 5. The number of nitrogens with zero attached hydrogens (tertiary/aromatic N) is 6. The Labute approximate surface area is 333 Å². The third kappa shape index (κ3) is 8.30. The molecule has 2 atom stereocenters. The smallest absolute Gasteiger partial charge is 0.238 e. The maximum atomic E-state index is 15.5. The van der Waals surface area contributed by atoms with Crippen LogP contribution < -0.4 is 25.8 Å². The number of hydrogen-bond donors (Lipinski definition) is 3. The van der Waals surface area contributed by atoms with Crippen molar-refractivity contribution in [3.05, 3.63) is 124 Å². The molecule has 2 fully saturated rings. The van der Waals surface area contributed by atoms with Gasteiger partial charge < -0.3 is 34.8 Å². The molecule has 0 radical (unpaired) electrons. The quantitative estimate of drug-likeness (QED) is 0.132. The van der Waals surface area contributed by atoms with E-state index in [9.17, 15) is 9.90 Å².